The number of hydrogen-bond donors (Lipinski definition) is 2. The zero-order valence-corrected chi connectivity index (χ0v) is 10.8. The lowest BCUT2D eigenvalue weighted by molar-refractivity contribution is 0.557. The van der Waals surface area contributed by atoms with Gasteiger partial charge in [-0.15, -0.1) is 0 Å². The number of nitrogens with zero attached hydrogens (tertiary/aromatic N) is 2. The van der Waals surface area contributed by atoms with Crippen LogP contribution in [0, 0.1) is 0 Å². The largest absolute Gasteiger partial charge is 0.367 e. The van der Waals surface area contributed by atoms with Gasteiger partial charge in [-0.2, -0.15) is 9.36 Å². The molecule has 0 unspecified atom stereocenters. The van der Waals surface area contributed by atoms with Crippen LogP contribution in [0.5, 0.6) is 0 Å². The average molecular weight is 248 g/mol. The van der Waals surface area contributed by atoms with E-state index in [1.54, 1.807) is 0 Å². The Morgan fingerprint density at radius 1 is 1.29 bits per heavy atom. The van der Waals surface area contributed by atoms with E-state index in [2.05, 4.69) is 52.8 Å². The summed E-state index contributed by atoms with van der Waals surface area (Å²) in [6, 6.07) is 10.4. The predicted octanol–water partition coefficient (Wildman–Crippen LogP) is 2.51. The first-order valence-corrected chi connectivity index (χ1v) is 6.24. The second-order valence-electron chi connectivity index (χ2n) is 4.56. The quantitative estimate of drug-likeness (QED) is 0.872. The summed E-state index contributed by atoms with van der Waals surface area (Å²) < 4.78 is 3.94. The summed E-state index contributed by atoms with van der Waals surface area (Å²) >= 11 is 1.29. The third kappa shape index (κ3) is 2.94. The van der Waals surface area contributed by atoms with Gasteiger partial charge in [-0.05, 0) is 5.56 Å². The molecule has 1 aromatic carbocycles. The van der Waals surface area contributed by atoms with E-state index in [1.807, 2.05) is 6.07 Å². The summed E-state index contributed by atoms with van der Waals surface area (Å²) in [5, 5.41) is 4.04. The van der Waals surface area contributed by atoms with E-state index in [4.69, 9.17) is 5.73 Å². The lowest BCUT2D eigenvalue weighted by Crippen LogP contribution is -2.27. The molecule has 0 saturated carbocycles. The Morgan fingerprint density at radius 3 is 2.59 bits per heavy atom. The Hall–Kier alpha value is -1.62. The van der Waals surface area contributed by atoms with Gasteiger partial charge in [0.05, 0.1) is 0 Å². The van der Waals surface area contributed by atoms with E-state index < -0.39 is 0 Å². The zero-order chi connectivity index (χ0) is 12.3. The molecule has 0 spiro atoms. The highest BCUT2D eigenvalue weighted by Gasteiger charge is 2.20. The molecule has 4 nitrogen and oxygen atoms in total. The van der Waals surface area contributed by atoms with Crippen LogP contribution in [0.15, 0.2) is 30.3 Å². The van der Waals surface area contributed by atoms with Crippen molar-refractivity contribution in [2.75, 3.05) is 17.6 Å². The van der Waals surface area contributed by atoms with Gasteiger partial charge in [0.15, 0.2) is 0 Å². The molecule has 5 heteroatoms. The SMILES string of the molecule is CC(C)(CNc1nc(N)ns1)c1ccccc1. The molecule has 90 valence electrons. The highest BCUT2D eigenvalue weighted by molar-refractivity contribution is 7.09. The van der Waals surface area contributed by atoms with Crippen LogP contribution in [0.2, 0.25) is 0 Å². The summed E-state index contributed by atoms with van der Waals surface area (Å²) in [4.78, 5) is 4.08. The van der Waals surface area contributed by atoms with Crippen molar-refractivity contribution in [3.8, 4) is 0 Å². The fourth-order valence-electron chi connectivity index (χ4n) is 1.59. The Balaban J connectivity index is 2.03. The molecule has 0 aliphatic heterocycles. The molecule has 0 radical (unpaired) electrons. The van der Waals surface area contributed by atoms with Crippen LogP contribution in [0.1, 0.15) is 19.4 Å². The molecule has 0 aliphatic carbocycles. The van der Waals surface area contributed by atoms with Gasteiger partial charge in [0.2, 0.25) is 11.1 Å². The van der Waals surface area contributed by atoms with Gasteiger partial charge < -0.3 is 11.1 Å². The molecular weight excluding hydrogens is 232 g/mol. The van der Waals surface area contributed by atoms with Crippen LogP contribution in [-0.2, 0) is 5.41 Å². The van der Waals surface area contributed by atoms with Crippen molar-refractivity contribution in [1.82, 2.24) is 9.36 Å². The van der Waals surface area contributed by atoms with Gasteiger partial charge in [-0.1, -0.05) is 44.2 Å². The van der Waals surface area contributed by atoms with Crippen LogP contribution in [0.3, 0.4) is 0 Å². The lowest BCUT2D eigenvalue weighted by atomic mass is 9.85. The third-order valence-electron chi connectivity index (χ3n) is 2.68. The summed E-state index contributed by atoms with van der Waals surface area (Å²) in [5.41, 5.74) is 6.82. The minimum Gasteiger partial charge on any atom is -0.367 e. The fourth-order valence-corrected chi connectivity index (χ4v) is 2.09. The number of anilines is 2. The van der Waals surface area contributed by atoms with E-state index in [0.29, 0.717) is 5.95 Å². The normalized spacial score (nSPS) is 11.4. The number of hydrogen-bond acceptors (Lipinski definition) is 5. The number of benzene rings is 1. The van der Waals surface area contributed by atoms with Gasteiger partial charge in [0, 0.05) is 23.5 Å². The van der Waals surface area contributed by atoms with Gasteiger partial charge in [0.1, 0.15) is 0 Å². The molecule has 0 amide bonds. The second kappa shape index (κ2) is 4.71. The first kappa shape index (κ1) is 11.9. The molecule has 0 atom stereocenters. The van der Waals surface area contributed by atoms with Crippen molar-refractivity contribution in [2.45, 2.75) is 19.3 Å². The molecule has 0 bridgehead atoms. The molecule has 2 aromatic rings. The van der Waals surface area contributed by atoms with Crippen molar-refractivity contribution in [3.05, 3.63) is 35.9 Å². The van der Waals surface area contributed by atoms with Crippen LogP contribution in [-0.4, -0.2) is 15.9 Å². The number of nitrogens with two attached hydrogens (primary N) is 1. The molecular formula is C12H16N4S. The lowest BCUT2D eigenvalue weighted by Gasteiger charge is -2.25. The van der Waals surface area contributed by atoms with Crippen LogP contribution in [0.4, 0.5) is 11.1 Å². The maximum atomic E-state index is 5.48. The standard InChI is InChI=1S/C12H16N4S/c1-12(2,9-6-4-3-5-7-9)8-14-11-15-10(13)16-17-11/h3-7H,8H2,1-2H3,(H3,13,14,15,16). The minimum atomic E-state index is 0.0433. The molecule has 2 rings (SSSR count). The van der Waals surface area contributed by atoms with Gasteiger partial charge >= 0.3 is 0 Å². The van der Waals surface area contributed by atoms with Gasteiger partial charge in [0.25, 0.3) is 0 Å². The summed E-state index contributed by atoms with van der Waals surface area (Å²) in [7, 11) is 0. The molecule has 1 aromatic heterocycles. The Kier molecular flexibility index (Phi) is 3.28. The van der Waals surface area contributed by atoms with Crippen LogP contribution >= 0.6 is 11.5 Å². The van der Waals surface area contributed by atoms with Crippen molar-refractivity contribution in [2.24, 2.45) is 0 Å². The monoisotopic (exact) mass is 248 g/mol. The molecule has 3 N–H and O–H groups in total. The number of aromatic nitrogens is 2. The third-order valence-corrected chi connectivity index (χ3v) is 3.37. The summed E-state index contributed by atoms with van der Waals surface area (Å²) in [5.74, 6) is 0.329. The molecule has 0 aliphatic rings. The zero-order valence-electron chi connectivity index (χ0n) is 9.97. The summed E-state index contributed by atoms with van der Waals surface area (Å²) in [6.45, 7) is 5.19. The number of nitrogens with one attached hydrogen (secondary N) is 1. The van der Waals surface area contributed by atoms with Crippen LogP contribution < -0.4 is 11.1 Å². The van der Waals surface area contributed by atoms with Crippen molar-refractivity contribution in [3.63, 3.8) is 0 Å². The predicted molar refractivity (Wildman–Crippen MR) is 72.3 cm³/mol. The maximum absolute atomic E-state index is 5.48. The first-order valence-electron chi connectivity index (χ1n) is 5.46. The topological polar surface area (TPSA) is 63.8 Å². The smallest absolute Gasteiger partial charge is 0.233 e. The fraction of sp³-hybridized carbons (Fsp3) is 0.333. The Labute approximate surface area is 105 Å². The molecule has 17 heavy (non-hydrogen) atoms. The first-order chi connectivity index (χ1) is 8.08. The number of rotatable bonds is 4. The van der Waals surface area contributed by atoms with Crippen LogP contribution in [0.25, 0.3) is 0 Å². The molecule has 0 saturated heterocycles. The Morgan fingerprint density at radius 2 is 2.00 bits per heavy atom. The van der Waals surface area contributed by atoms with E-state index in [9.17, 15) is 0 Å². The summed E-state index contributed by atoms with van der Waals surface area (Å²) in [6.07, 6.45) is 0. The van der Waals surface area contributed by atoms with Gasteiger partial charge in [-0.3, -0.25) is 0 Å². The maximum Gasteiger partial charge on any atom is 0.233 e. The molecule has 1 heterocycles. The van der Waals surface area contributed by atoms with E-state index in [1.165, 1.54) is 17.1 Å². The van der Waals surface area contributed by atoms with Gasteiger partial charge in [-0.25, -0.2) is 0 Å². The van der Waals surface area contributed by atoms with Crippen molar-refractivity contribution in [1.29, 1.82) is 0 Å². The van der Waals surface area contributed by atoms with Crippen molar-refractivity contribution < 1.29 is 0 Å². The second-order valence-corrected chi connectivity index (χ2v) is 5.31. The highest BCUT2D eigenvalue weighted by Crippen LogP contribution is 2.24. The number of nitrogen functional groups attached to an aromatic ring is 1. The van der Waals surface area contributed by atoms with E-state index >= 15 is 0 Å². The minimum absolute atomic E-state index is 0.0433. The Bertz CT molecular complexity index is 478. The highest BCUT2D eigenvalue weighted by atomic mass is 32.1. The van der Waals surface area contributed by atoms with E-state index in [0.717, 1.165) is 11.7 Å². The molecule has 0 fully saturated rings. The average Bonchev–Trinajstić information content (AvgIpc) is 2.74. The van der Waals surface area contributed by atoms with Crippen molar-refractivity contribution >= 4 is 22.6 Å². The van der Waals surface area contributed by atoms with E-state index in [-0.39, 0.29) is 5.41 Å².